The van der Waals surface area contributed by atoms with E-state index in [4.69, 9.17) is 4.74 Å². The van der Waals surface area contributed by atoms with Crippen LogP contribution in [0, 0.1) is 5.92 Å². The van der Waals surface area contributed by atoms with Crippen molar-refractivity contribution in [3.8, 4) is 0 Å². The SMILES string of the molecule is CC(=O)[C@H]1C[C@@H](CCc2ccccc2)O[C@@H](c2ccccc2)C1. The molecule has 0 N–H and O–H groups in total. The number of ketones is 1. The van der Waals surface area contributed by atoms with Gasteiger partial charge in [0.05, 0.1) is 12.2 Å². The van der Waals surface area contributed by atoms with E-state index < -0.39 is 0 Å². The molecule has 0 unspecified atom stereocenters. The lowest BCUT2D eigenvalue weighted by molar-refractivity contribution is -0.131. The minimum atomic E-state index is 0.0413. The highest BCUT2D eigenvalue weighted by atomic mass is 16.5. The Kier molecular flexibility index (Phi) is 5.24. The fourth-order valence-electron chi connectivity index (χ4n) is 3.39. The molecule has 2 nitrogen and oxygen atoms in total. The first-order valence-corrected chi connectivity index (χ1v) is 8.47. The van der Waals surface area contributed by atoms with Gasteiger partial charge in [-0.15, -0.1) is 0 Å². The van der Waals surface area contributed by atoms with E-state index in [1.807, 2.05) is 24.3 Å². The topological polar surface area (TPSA) is 26.3 Å². The molecule has 1 aliphatic heterocycles. The molecule has 0 radical (unpaired) electrons. The van der Waals surface area contributed by atoms with E-state index in [2.05, 4.69) is 36.4 Å². The summed E-state index contributed by atoms with van der Waals surface area (Å²) in [6, 6.07) is 20.8. The van der Waals surface area contributed by atoms with Gasteiger partial charge in [0.15, 0.2) is 0 Å². The van der Waals surface area contributed by atoms with Gasteiger partial charge in [0, 0.05) is 5.92 Å². The molecule has 0 bridgehead atoms. The van der Waals surface area contributed by atoms with Gasteiger partial charge in [-0.3, -0.25) is 4.79 Å². The third-order valence-electron chi connectivity index (χ3n) is 4.75. The van der Waals surface area contributed by atoms with Crippen LogP contribution in [0.3, 0.4) is 0 Å². The average Bonchev–Trinajstić information content (AvgIpc) is 2.61. The number of hydrogen-bond acceptors (Lipinski definition) is 2. The van der Waals surface area contributed by atoms with Crippen molar-refractivity contribution >= 4 is 5.78 Å². The van der Waals surface area contributed by atoms with Gasteiger partial charge in [0.2, 0.25) is 0 Å². The van der Waals surface area contributed by atoms with E-state index in [0.717, 1.165) is 25.7 Å². The maximum atomic E-state index is 11.9. The number of rotatable bonds is 5. The van der Waals surface area contributed by atoms with Crippen molar-refractivity contribution in [2.45, 2.75) is 44.8 Å². The Labute approximate surface area is 138 Å². The summed E-state index contributed by atoms with van der Waals surface area (Å²) in [7, 11) is 0. The maximum absolute atomic E-state index is 11.9. The molecule has 0 saturated carbocycles. The third-order valence-corrected chi connectivity index (χ3v) is 4.75. The van der Waals surface area contributed by atoms with Gasteiger partial charge in [-0.05, 0) is 43.7 Å². The Hall–Kier alpha value is -1.93. The Morgan fingerprint density at radius 1 is 1.00 bits per heavy atom. The highest BCUT2D eigenvalue weighted by molar-refractivity contribution is 5.78. The fraction of sp³-hybridized carbons (Fsp3) is 0.381. The minimum Gasteiger partial charge on any atom is -0.370 e. The van der Waals surface area contributed by atoms with Gasteiger partial charge in [-0.2, -0.15) is 0 Å². The summed E-state index contributed by atoms with van der Waals surface area (Å²) < 4.78 is 6.32. The van der Waals surface area contributed by atoms with Crippen LogP contribution in [-0.2, 0) is 16.0 Å². The van der Waals surface area contributed by atoms with E-state index in [1.165, 1.54) is 11.1 Å². The summed E-state index contributed by atoms with van der Waals surface area (Å²) in [6.45, 7) is 1.71. The lowest BCUT2D eigenvalue weighted by Crippen LogP contribution is -2.31. The molecule has 0 spiro atoms. The largest absolute Gasteiger partial charge is 0.370 e. The van der Waals surface area contributed by atoms with Crippen molar-refractivity contribution in [3.05, 3.63) is 71.8 Å². The van der Waals surface area contributed by atoms with Gasteiger partial charge in [-0.1, -0.05) is 60.7 Å². The number of Topliss-reactive ketones (excluding diaryl/α,β-unsaturated/α-hetero) is 1. The number of benzene rings is 2. The average molecular weight is 308 g/mol. The fourth-order valence-corrected chi connectivity index (χ4v) is 3.39. The highest BCUT2D eigenvalue weighted by Gasteiger charge is 2.32. The molecule has 0 amide bonds. The molecule has 3 atom stereocenters. The Morgan fingerprint density at radius 2 is 1.65 bits per heavy atom. The van der Waals surface area contributed by atoms with Crippen LogP contribution >= 0.6 is 0 Å². The lowest BCUT2D eigenvalue weighted by atomic mass is 9.85. The van der Waals surface area contributed by atoms with Crippen molar-refractivity contribution in [3.63, 3.8) is 0 Å². The van der Waals surface area contributed by atoms with Crippen LogP contribution in [0.2, 0.25) is 0 Å². The van der Waals surface area contributed by atoms with E-state index >= 15 is 0 Å². The molecule has 1 heterocycles. The molecule has 1 aliphatic rings. The molecule has 2 aromatic rings. The van der Waals surface area contributed by atoms with Crippen LogP contribution in [0.15, 0.2) is 60.7 Å². The summed E-state index contributed by atoms with van der Waals surface area (Å²) in [5.41, 5.74) is 2.51. The highest BCUT2D eigenvalue weighted by Crippen LogP contribution is 2.36. The second kappa shape index (κ2) is 7.56. The summed E-state index contributed by atoms with van der Waals surface area (Å²) >= 11 is 0. The van der Waals surface area contributed by atoms with E-state index in [0.29, 0.717) is 5.78 Å². The molecule has 0 aromatic heterocycles. The van der Waals surface area contributed by atoms with Crippen molar-refractivity contribution < 1.29 is 9.53 Å². The first-order valence-electron chi connectivity index (χ1n) is 8.47. The van der Waals surface area contributed by atoms with Crippen LogP contribution in [-0.4, -0.2) is 11.9 Å². The standard InChI is InChI=1S/C21H24O2/c1-16(22)19-14-20(13-12-17-8-4-2-5-9-17)23-21(15-19)18-10-6-3-7-11-18/h2-11,19-21H,12-15H2,1H3/t19-,20+,21+/m0/s1. The van der Waals surface area contributed by atoms with Gasteiger partial charge >= 0.3 is 0 Å². The first kappa shape index (κ1) is 15.9. The van der Waals surface area contributed by atoms with Crippen molar-refractivity contribution in [1.82, 2.24) is 0 Å². The zero-order valence-electron chi connectivity index (χ0n) is 13.7. The Balaban J connectivity index is 1.68. The molecule has 0 aliphatic carbocycles. The van der Waals surface area contributed by atoms with Crippen LogP contribution in [0.25, 0.3) is 0 Å². The number of ether oxygens (including phenoxy) is 1. The van der Waals surface area contributed by atoms with Crippen LogP contribution in [0.4, 0.5) is 0 Å². The third kappa shape index (κ3) is 4.29. The molecular weight excluding hydrogens is 284 g/mol. The second-order valence-corrected chi connectivity index (χ2v) is 6.46. The Morgan fingerprint density at radius 3 is 2.30 bits per heavy atom. The molecule has 1 saturated heterocycles. The molecule has 3 rings (SSSR count). The van der Waals surface area contributed by atoms with Crippen LogP contribution in [0.5, 0.6) is 0 Å². The molecule has 23 heavy (non-hydrogen) atoms. The predicted octanol–water partition coefficient (Wildman–Crippen LogP) is 4.74. The van der Waals surface area contributed by atoms with E-state index in [9.17, 15) is 4.79 Å². The summed E-state index contributed by atoms with van der Waals surface area (Å²) in [5, 5.41) is 0. The summed E-state index contributed by atoms with van der Waals surface area (Å²) in [4.78, 5) is 11.9. The summed E-state index contributed by atoms with van der Waals surface area (Å²) in [5.74, 6) is 0.411. The monoisotopic (exact) mass is 308 g/mol. The number of carbonyl (C=O) groups excluding carboxylic acids is 1. The Bertz CT molecular complexity index is 621. The van der Waals surface area contributed by atoms with Gasteiger partial charge in [0.1, 0.15) is 5.78 Å². The van der Waals surface area contributed by atoms with Crippen LogP contribution in [0.1, 0.15) is 43.4 Å². The number of carbonyl (C=O) groups is 1. The van der Waals surface area contributed by atoms with Gasteiger partial charge in [-0.25, -0.2) is 0 Å². The van der Waals surface area contributed by atoms with E-state index in [-0.39, 0.29) is 18.1 Å². The van der Waals surface area contributed by atoms with Crippen molar-refractivity contribution in [1.29, 1.82) is 0 Å². The van der Waals surface area contributed by atoms with Crippen molar-refractivity contribution in [2.24, 2.45) is 5.92 Å². The zero-order valence-corrected chi connectivity index (χ0v) is 13.7. The van der Waals surface area contributed by atoms with E-state index in [1.54, 1.807) is 6.92 Å². The molecule has 2 aromatic carbocycles. The molecule has 2 heteroatoms. The van der Waals surface area contributed by atoms with Gasteiger partial charge < -0.3 is 4.74 Å². The maximum Gasteiger partial charge on any atom is 0.133 e. The summed E-state index contributed by atoms with van der Waals surface area (Å²) in [6.07, 6.45) is 3.82. The number of hydrogen-bond donors (Lipinski definition) is 0. The quantitative estimate of drug-likeness (QED) is 0.797. The smallest absolute Gasteiger partial charge is 0.133 e. The van der Waals surface area contributed by atoms with Crippen LogP contribution < -0.4 is 0 Å². The van der Waals surface area contributed by atoms with Crippen molar-refractivity contribution in [2.75, 3.05) is 0 Å². The molecule has 120 valence electrons. The molecular formula is C21H24O2. The second-order valence-electron chi connectivity index (χ2n) is 6.46. The number of aryl methyl sites for hydroxylation is 1. The molecule has 1 fully saturated rings. The first-order chi connectivity index (χ1) is 11.2. The predicted molar refractivity (Wildman–Crippen MR) is 92.2 cm³/mol. The van der Waals surface area contributed by atoms with Gasteiger partial charge in [0.25, 0.3) is 0 Å². The lowest BCUT2D eigenvalue weighted by Gasteiger charge is -2.35. The minimum absolute atomic E-state index is 0.0413. The zero-order chi connectivity index (χ0) is 16.1. The normalized spacial score (nSPS) is 24.3.